The minimum Gasteiger partial charge on any atom is -0.347 e. The molecule has 0 aliphatic rings. The topological polar surface area (TPSA) is 68.0 Å². The number of hydrogen-bond donors (Lipinski definition) is 2. The third-order valence-electron chi connectivity index (χ3n) is 3.32. The summed E-state index contributed by atoms with van der Waals surface area (Å²) < 4.78 is 0. The number of amides is 1. The molecule has 0 saturated heterocycles. The second-order valence-electron chi connectivity index (χ2n) is 4.83. The summed E-state index contributed by atoms with van der Waals surface area (Å²) >= 11 is 1.53. The van der Waals surface area contributed by atoms with Crippen molar-refractivity contribution >= 4 is 17.2 Å². The largest absolute Gasteiger partial charge is 0.347 e. The van der Waals surface area contributed by atoms with Gasteiger partial charge >= 0.3 is 0 Å². The summed E-state index contributed by atoms with van der Waals surface area (Å²) in [6.07, 6.45) is 1.74. The lowest BCUT2D eigenvalue weighted by atomic mass is 9.94. The monoisotopic (exact) mass is 289 g/mol. The SMILES string of the molecule is CC(NC(=O)C(C)C(N)c1ccccc1)c1nccs1. The van der Waals surface area contributed by atoms with E-state index in [1.54, 1.807) is 6.20 Å². The molecule has 2 rings (SSSR count). The zero-order valence-electron chi connectivity index (χ0n) is 11.6. The quantitative estimate of drug-likeness (QED) is 0.889. The molecule has 3 N–H and O–H groups in total. The highest BCUT2D eigenvalue weighted by molar-refractivity contribution is 7.09. The maximum Gasteiger partial charge on any atom is 0.225 e. The van der Waals surface area contributed by atoms with Crippen molar-refractivity contribution in [3.63, 3.8) is 0 Å². The Kier molecular flexibility index (Phi) is 4.87. The number of thiazole rings is 1. The number of nitrogens with one attached hydrogen (secondary N) is 1. The van der Waals surface area contributed by atoms with E-state index in [-0.39, 0.29) is 23.9 Å². The van der Waals surface area contributed by atoms with Gasteiger partial charge in [-0.15, -0.1) is 11.3 Å². The average Bonchev–Trinajstić information content (AvgIpc) is 3.01. The number of carbonyl (C=O) groups excluding carboxylic acids is 1. The highest BCUT2D eigenvalue weighted by Gasteiger charge is 2.23. The van der Waals surface area contributed by atoms with Crippen LogP contribution in [0, 0.1) is 5.92 Å². The van der Waals surface area contributed by atoms with Crippen molar-refractivity contribution in [3.8, 4) is 0 Å². The lowest BCUT2D eigenvalue weighted by Crippen LogP contribution is -2.36. The molecule has 0 saturated carbocycles. The highest BCUT2D eigenvalue weighted by atomic mass is 32.1. The molecule has 5 heteroatoms. The first kappa shape index (κ1) is 14.7. The first-order valence-electron chi connectivity index (χ1n) is 6.60. The van der Waals surface area contributed by atoms with E-state index in [2.05, 4.69) is 10.3 Å². The van der Waals surface area contributed by atoms with Crippen molar-refractivity contribution < 1.29 is 4.79 Å². The van der Waals surface area contributed by atoms with E-state index < -0.39 is 0 Å². The van der Waals surface area contributed by atoms with Crippen molar-refractivity contribution in [2.45, 2.75) is 25.9 Å². The molecule has 3 atom stereocenters. The third-order valence-corrected chi connectivity index (χ3v) is 4.28. The second-order valence-corrected chi connectivity index (χ2v) is 5.75. The molecule has 1 heterocycles. The van der Waals surface area contributed by atoms with Crippen molar-refractivity contribution in [3.05, 3.63) is 52.5 Å². The number of nitrogens with two attached hydrogens (primary N) is 1. The Morgan fingerprint density at radius 3 is 2.60 bits per heavy atom. The number of benzene rings is 1. The molecule has 0 fully saturated rings. The maximum atomic E-state index is 12.2. The Morgan fingerprint density at radius 1 is 1.30 bits per heavy atom. The molecule has 0 radical (unpaired) electrons. The molecule has 0 bridgehead atoms. The lowest BCUT2D eigenvalue weighted by molar-refractivity contribution is -0.125. The number of nitrogens with zero attached hydrogens (tertiary/aromatic N) is 1. The van der Waals surface area contributed by atoms with E-state index >= 15 is 0 Å². The first-order chi connectivity index (χ1) is 9.59. The van der Waals surface area contributed by atoms with E-state index in [0.717, 1.165) is 10.6 Å². The molecule has 1 aromatic heterocycles. The molecule has 0 aliphatic carbocycles. The van der Waals surface area contributed by atoms with Gasteiger partial charge in [-0.1, -0.05) is 37.3 Å². The highest BCUT2D eigenvalue weighted by Crippen LogP contribution is 2.21. The van der Waals surface area contributed by atoms with Crippen LogP contribution in [0.25, 0.3) is 0 Å². The molecular formula is C15H19N3OS. The molecule has 1 aromatic carbocycles. The van der Waals surface area contributed by atoms with E-state index in [4.69, 9.17) is 5.73 Å². The molecular weight excluding hydrogens is 270 g/mol. The smallest absolute Gasteiger partial charge is 0.225 e. The summed E-state index contributed by atoms with van der Waals surface area (Å²) in [6.45, 7) is 3.78. The van der Waals surface area contributed by atoms with Gasteiger partial charge in [0.1, 0.15) is 5.01 Å². The molecule has 2 aromatic rings. The van der Waals surface area contributed by atoms with Gasteiger partial charge in [-0.05, 0) is 12.5 Å². The summed E-state index contributed by atoms with van der Waals surface area (Å²) in [4.78, 5) is 16.5. The number of aromatic nitrogens is 1. The standard InChI is InChI=1S/C15H19N3OS/c1-10(13(16)12-6-4-3-5-7-12)14(19)18-11(2)15-17-8-9-20-15/h3-11,13H,16H2,1-2H3,(H,18,19). The summed E-state index contributed by atoms with van der Waals surface area (Å²) in [6, 6.07) is 9.28. The van der Waals surface area contributed by atoms with Gasteiger partial charge in [-0.25, -0.2) is 4.98 Å². The van der Waals surface area contributed by atoms with Gasteiger partial charge in [-0.2, -0.15) is 0 Å². The molecule has 20 heavy (non-hydrogen) atoms. The Hall–Kier alpha value is -1.72. The van der Waals surface area contributed by atoms with Crippen molar-refractivity contribution in [1.82, 2.24) is 10.3 Å². The zero-order valence-corrected chi connectivity index (χ0v) is 12.4. The molecule has 1 amide bonds. The second kappa shape index (κ2) is 6.63. The van der Waals surface area contributed by atoms with Crippen LogP contribution in [0.5, 0.6) is 0 Å². The van der Waals surface area contributed by atoms with E-state index in [0.29, 0.717) is 0 Å². The van der Waals surface area contributed by atoms with Crippen LogP contribution in [0.15, 0.2) is 41.9 Å². The number of rotatable bonds is 5. The molecule has 0 aliphatic heterocycles. The van der Waals surface area contributed by atoms with Gasteiger partial charge in [0.25, 0.3) is 0 Å². The molecule has 0 spiro atoms. The van der Waals surface area contributed by atoms with E-state index in [1.807, 2.05) is 49.6 Å². The zero-order chi connectivity index (χ0) is 14.5. The van der Waals surface area contributed by atoms with Crippen molar-refractivity contribution in [2.75, 3.05) is 0 Å². The van der Waals surface area contributed by atoms with Gasteiger partial charge in [0.15, 0.2) is 0 Å². The van der Waals surface area contributed by atoms with Gasteiger partial charge < -0.3 is 11.1 Å². The summed E-state index contributed by atoms with van der Waals surface area (Å²) in [5.74, 6) is -0.344. The van der Waals surface area contributed by atoms with Gasteiger partial charge in [0.05, 0.1) is 12.0 Å². The Bertz CT molecular complexity index is 542. The van der Waals surface area contributed by atoms with Crippen LogP contribution in [0.4, 0.5) is 0 Å². The van der Waals surface area contributed by atoms with E-state index in [9.17, 15) is 4.79 Å². The van der Waals surface area contributed by atoms with Crippen molar-refractivity contribution in [2.24, 2.45) is 11.7 Å². The predicted octanol–water partition coefficient (Wildman–Crippen LogP) is 2.66. The van der Waals surface area contributed by atoms with E-state index in [1.165, 1.54) is 11.3 Å². The first-order valence-corrected chi connectivity index (χ1v) is 7.48. The van der Waals surface area contributed by atoms with Crippen LogP contribution >= 0.6 is 11.3 Å². The van der Waals surface area contributed by atoms with Gasteiger partial charge in [-0.3, -0.25) is 4.79 Å². The summed E-state index contributed by atoms with van der Waals surface area (Å²) in [5, 5.41) is 5.76. The van der Waals surface area contributed by atoms with Crippen LogP contribution < -0.4 is 11.1 Å². The fraction of sp³-hybridized carbons (Fsp3) is 0.333. The predicted molar refractivity (Wildman–Crippen MR) is 81.2 cm³/mol. The normalized spacial score (nSPS) is 15.3. The van der Waals surface area contributed by atoms with Gasteiger partial charge in [0, 0.05) is 17.6 Å². The summed E-state index contributed by atoms with van der Waals surface area (Å²) in [5.41, 5.74) is 7.13. The third kappa shape index (κ3) is 3.43. The summed E-state index contributed by atoms with van der Waals surface area (Å²) in [7, 11) is 0. The Balaban J connectivity index is 1.98. The van der Waals surface area contributed by atoms with Crippen LogP contribution in [-0.2, 0) is 4.79 Å². The fourth-order valence-electron chi connectivity index (χ4n) is 1.98. The molecule has 106 valence electrons. The van der Waals surface area contributed by atoms with Gasteiger partial charge in [0.2, 0.25) is 5.91 Å². The Morgan fingerprint density at radius 2 is 2.00 bits per heavy atom. The fourth-order valence-corrected chi connectivity index (χ4v) is 2.63. The molecule has 4 nitrogen and oxygen atoms in total. The average molecular weight is 289 g/mol. The number of carbonyl (C=O) groups is 1. The number of hydrogen-bond acceptors (Lipinski definition) is 4. The van der Waals surface area contributed by atoms with Crippen LogP contribution in [0.1, 0.15) is 36.5 Å². The van der Waals surface area contributed by atoms with Crippen LogP contribution in [-0.4, -0.2) is 10.9 Å². The minimum atomic E-state index is -0.306. The van der Waals surface area contributed by atoms with Crippen LogP contribution in [0.2, 0.25) is 0 Å². The minimum absolute atomic E-state index is 0.0518. The molecule has 3 unspecified atom stereocenters. The Labute approximate surface area is 123 Å². The maximum absolute atomic E-state index is 12.2. The van der Waals surface area contributed by atoms with Crippen molar-refractivity contribution in [1.29, 1.82) is 0 Å². The lowest BCUT2D eigenvalue weighted by Gasteiger charge is -2.21. The van der Waals surface area contributed by atoms with Crippen LogP contribution in [0.3, 0.4) is 0 Å².